The highest BCUT2D eigenvalue weighted by Gasteiger charge is 2.00. The monoisotopic (exact) mass is 201 g/mol. The lowest BCUT2D eigenvalue weighted by Crippen LogP contribution is -1.89. The van der Waals surface area contributed by atoms with Gasteiger partial charge in [-0.05, 0) is 12.3 Å². The molecule has 0 radical (unpaired) electrons. The van der Waals surface area contributed by atoms with Gasteiger partial charge >= 0.3 is 0 Å². The molecular formula is C10H11N5. The van der Waals surface area contributed by atoms with Gasteiger partial charge in [-0.25, -0.2) is 9.97 Å². The van der Waals surface area contributed by atoms with Crippen LogP contribution in [-0.4, -0.2) is 19.7 Å². The van der Waals surface area contributed by atoms with Crippen molar-refractivity contribution in [2.75, 3.05) is 0 Å². The van der Waals surface area contributed by atoms with Gasteiger partial charge in [-0.3, -0.25) is 4.68 Å². The normalized spacial score (nSPS) is 11.0. The van der Waals surface area contributed by atoms with Crippen LogP contribution >= 0.6 is 0 Å². The largest absolute Gasteiger partial charge is 0.404 e. The average molecular weight is 201 g/mol. The Bertz CT molecular complexity index is 469. The van der Waals surface area contributed by atoms with Crippen LogP contribution < -0.4 is 5.73 Å². The van der Waals surface area contributed by atoms with Gasteiger partial charge in [0.15, 0.2) is 5.82 Å². The summed E-state index contributed by atoms with van der Waals surface area (Å²) in [6, 6.07) is 0. The van der Waals surface area contributed by atoms with E-state index in [2.05, 4.69) is 15.1 Å². The maximum Gasteiger partial charge on any atom is 0.153 e. The number of nitrogens with zero attached hydrogens (tertiary/aromatic N) is 4. The molecule has 0 spiro atoms. The highest BCUT2D eigenvalue weighted by Crippen LogP contribution is 2.15. The van der Waals surface area contributed by atoms with Gasteiger partial charge in [0.05, 0.1) is 6.20 Å². The van der Waals surface area contributed by atoms with Crippen molar-refractivity contribution in [3.05, 3.63) is 36.8 Å². The van der Waals surface area contributed by atoms with Gasteiger partial charge < -0.3 is 5.73 Å². The Labute approximate surface area is 87.3 Å². The van der Waals surface area contributed by atoms with Crippen molar-refractivity contribution in [3.8, 4) is 11.1 Å². The Balaban J connectivity index is 2.31. The molecule has 76 valence electrons. The Morgan fingerprint density at radius 3 is 2.47 bits per heavy atom. The second-order valence-electron chi connectivity index (χ2n) is 3.09. The van der Waals surface area contributed by atoms with Crippen LogP contribution in [0.15, 0.2) is 31.0 Å². The molecule has 15 heavy (non-hydrogen) atoms. The Hall–Kier alpha value is -2.17. The molecule has 5 heteroatoms. The predicted molar refractivity (Wildman–Crippen MR) is 57.5 cm³/mol. The van der Waals surface area contributed by atoms with Crippen LogP contribution in [0, 0.1) is 0 Å². The molecule has 0 aromatic carbocycles. The fourth-order valence-corrected chi connectivity index (χ4v) is 1.23. The fraction of sp³-hybridized carbons (Fsp3) is 0.100. The number of nitrogens with two attached hydrogens (primary N) is 1. The third-order valence-corrected chi connectivity index (χ3v) is 1.96. The summed E-state index contributed by atoms with van der Waals surface area (Å²) in [5.41, 5.74) is 7.18. The first-order valence-electron chi connectivity index (χ1n) is 4.49. The number of aryl methyl sites for hydroxylation is 1. The number of rotatable bonds is 2. The van der Waals surface area contributed by atoms with Crippen LogP contribution in [-0.2, 0) is 7.05 Å². The first-order chi connectivity index (χ1) is 7.29. The number of hydrogen-bond donors (Lipinski definition) is 1. The van der Waals surface area contributed by atoms with Gasteiger partial charge in [0.1, 0.15) is 0 Å². The third-order valence-electron chi connectivity index (χ3n) is 1.96. The summed E-state index contributed by atoms with van der Waals surface area (Å²) in [4.78, 5) is 8.28. The van der Waals surface area contributed by atoms with Crippen LogP contribution in [0.3, 0.4) is 0 Å². The molecule has 2 N–H and O–H groups in total. The quantitative estimate of drug-likeness (QED) is 0.780. The van der Waals surface area contributed by atoms with Crippen molar-refractivity contribution in [2.24, 2.45) is 12.8 Å². The molecular weight excluding hydrogens is 190 g/mol. The zero-order chi connectivity index (χ0) is 10.7. The van der Waals surface area contributed by atoms with Gasteiger partial charge in [0.2, 0.25) is 0 Å². The topological polar surface area (TPSA) is 69.6 Å². The van der Waals surface area contributed by atoms with Gasteiger partial charge in [-0.1, -0.05) is 0 Å². The molecule has 2 aromatic heterocycles. The van der Waals surface area contributed by atoms with E-state index >= 15 is 0 Å². The van der Waals surface area contributed by atoms with E-state index < -0.39 is 0 Å². The third kappa shape index (κ3) is 2.01. The highest BCUT2D eigenvalue weighted by molar-refractivity contribution is 5.59. The molecule has 0 aliphatic heterocycles. The van der Waals surface area contributed by atoms with Crippen molar-refractivity contribution in [1.29, 1.82) is 0 Å². The molecule has 2 aromatic rings. The Morgan fingerprint density at radius 2 is 1.93 bits per heavy atom. The zero-order valence-corrected chi connectivity index (χ0v) is 8.33. The number of hydrogen-bond acceptors (Lipinski definition) is 4. The average Bonchev–Trinajstić information content (AvgIpc) is 2.67. The van der Waals surface area contributed by atoms with E-state index in [1.807, 2.05) is 13.2 Å². The molecule has 2 heterocycles. The van der Waals surface area contributed by atoms with Crippen molar-refractivity contribution in [2.45, 2.75) is 0 Å². The molecule has 0 saturated carbocycles. The minimum absolute atomic E-state index is 0.602. The Kier molecular flexibility index (Phi) is 2.45. The Morgan fingerprint density at radius 1 is 1.20 bits per heavy atom. The standard InChI is InChI=1S/C10H11N5/c1-15-7-9(6-14-15)8-4-12-10(2-3-11)13-5-8/h2-7H,11H2,1H3. The van der Waals surface area contributed by atoms with Crippen LogP contribution in [0.4, 0.5) is 0 Å². The van der Waals surface area contributed by atoms with Crippen LogP contribution in [0.2, 0.25) is 0 Å². The summed E-state index contributed by atoms with van der Waals surface area (Å²) >= 11 is 0. The van der Waals surface area contributed by atoms with Gasteiger partial charge in [-0.2, -0.15) is 5.10 Å². The molecule has 2 rings (SSSR count). The van der Waals surface area contributed by atoms with Crippen molar-refractivity contribution in [3.63, 3.8) is 0 Å². The lowest BCUT2D eigenvalue weighted by molar-refractivity contribution is 0.768. The van der Waals surface area contributed by atoms with E-state index in [1.54, 1.807) is 29.3 Å². The van der Waals surface area contributed by atoms with Crippen molar-refractivity contribution in [1.82, 2.24) is 19.7 Å². The van der Waals surface area contributed by atoms with Crippen LogP contribution in [0.5, 0.6) is 0 Å². The highest BCUT2D eigenvalue weighted by atomic mass is 15.2. The van der Waals surface area contributed by atoms with E-state index in [9.17, 15) is 0 Å². The van der Waals surface area contributed by atoms with E-state index in [4.69, 9.17) is 5.73 Å². The lowest BCUT2D eigenvalue weighted by Gasteiger charge is -1.96. The lowest BCUT2D eigenvalue weighted by atomic mass is 10.2. The summed E-state index contributed by atoms with van der Waals surface area (Å²) < 4.78 is 1.74. The van der Waals surface area contributed by atoms with Crippen molar-refractivity contribution < 1.29 is 0 Å². The molecule has 0 aliphatic rings. The molecule has 0 saturated heterocycles. The van der Waals surface area contributed by atoms with Gasteiger partial charge in [0, 0.05) is 36.8 Å². The number of aromatic nitrogens is 4. The second kappa shape index (κ2) is 3.91. The summed E-state index contributed by atoms with van der Waals surface area (Å²) in [6.45, 7) is 0. The van der Waals surface area contributed by atoms with E-state index in [1.165, 1.54) is 6.20 Å². The smallest absolute Gasteiger partial charge is 0.153 e. The van der Waals surface area contributed by atoms with Gasteiger partial charge in [-0.15, -0.1) is 0 Å². The maximum atomic E-state index is 5.24. The first kappa shape index (κ1) is 9.39. The summed E-state index contributed by atoms with van der Waals surface area (Å²) in [5.74, 6) is 0.602. The van der Waals surface area contributed by atoms with Crippen LogP contribution in [0.1, 0.15) is 5.82 Å². The predicted octanol–water partition coefficient (Wildman–Crippen LogP) is 0.806. The van der Waals surface area contributed by atoms with E-state index in [-0.39, 0.29) is 0 Å². The summed E-state index contributed by atoms with van der Waals surface area (Å²) in [7, 11) is 1.87. The molecule has 0 bridgehead atoms. The zero-order valence-electron chi connectivity index (χ0n) is 8.33. The molecule has 5 nitrogen and oxygen atoms in total. The molecule has 0 fully saturated rings. The first-order valence-corrected chi connectivity index (χ1v) is 4.49. The van der Waals surface area contributed by atoms with E-state index in [0.29, 0.717) is 5.82 Å². The minimum Gasteiger partial charge on any atom is -0.404 e. The summed E-state index contributed by atoms with van der Waals surface area (Å²) in [6.07, 6.45) is 10.2. The fourth-order valence-electron chi connectivity index (χ4n) is 1.23. The molecule has 0 atom stereocenters. The van der Waals surface area contributed by atoms with Gasteiger partial charge in [0.25, 0.3) is 0 Å². The van der Waals surface area contributed by atoms with Crippen molar-refractivity contribution >= 4 is 6.08 Å². The van der Waals surface area contributed by atoms with E-state index in [0.717, 1.165) is 11.1 Å². The molecule has 0 aliphatic carbocycles. The SMILES string of the molecule is Cn1cc(-c2cnc(C=CN)nc2)cn1. The second-order valence-corrected chi connectivity index (χ2v) is 3.09. The molecule has 0 amide bonds. The maximum absolute atomic E-state index is 5.24. The van der Waals surface area contributed by atoms with Crippen LogP contribution in [0.25, 0.3) is 17.2 Å². The minimum atomic E-state index is 0.602. The molecule has 0 unspecified atom stereocenters. The summed E-state index contributed by atoms with van der Waals surface area (Å²) in [5, 5.41) is 4.08.